The van der Waals surface area contributed by atoms with Crippen molar-refractivity contribution in [1.29, 1.82) is 0 Å². The second-order valence-corrected chi connectivity index (χ2v) is 5.67. The molecule has 120 valence electrons. The van der Waals surface area contributed by atoms with Crippen LogP contribution in [0.3, 0.4) is 0 Å². The Kier molecular flexibility index (Phi) is 4.88. The van der Waals surface area contributed by atoms with Crippen molar-refractivity contribution in [2.75, 3.05) is 11.9 Å². The molecule has 5 nitrogen and oxygen atoms in total. The number of hydrogen-bond acceptors (Lipinski definition) is 4. The van der Waals surface area contributed by atoms with Crippen LogP contribution < -0.4 is 11.1 Å². The summed E-state index contributed by atoms with van der Waals surface area (Å²) in [7, 11) is 0. The van der Waals surface area contributed by atoms with Crippen LogP contribution in [0.2, 0.25) is 0 Å². The first kappa shape index (κ1) is 15.5. The lowest BCUT2D eigenvalue weighted by molar-refractivity contribution is 0.740. The van der Waals surface area contributed by atoms with Crippen LogP contribution in [0.4, 0.5) is 5.82 Å². The minimum Gasteiger partial charge on any atom is -0.369 e. The lowest BCUT2D eigenvalue weighted by Crippen LogP contribution is -2.06. The second kappa shape index (κ2) is 7.24. The summed E-state index contributed by atoms with van der Waals surface area (Å²) in [5, 5.41) is 8.05. The summed E-state index contributed by atoms with van der Waals surface area (Å²) in [4.78, 5) is 4.44. The Morgan fingerprint density at radius 2 is 1.91 bits per heavy atom. The minimum atomic E-state index is 0.553. The Bertz CT molecular complexity index is 761. The van der Waals surface area contributed by atoms with Crippen molar-refractivity contribution < 1.29 is 0 Å². The molecular weight excluding hydrogens is 286 g/mol. The number of nitrogens with one attached hydrogen (secondary N) is 1. The van der Waals surface area contributed by atoms with E-state index >= 15 is 0 Å². The van der Waals surface area contributed by atoms with E-state index in [1.54, 1.807) is 0 Å². The monoisotopic (exact) mass is 309 g/mol. The van der Waals surface area contributed by atoms with E-state index in [-0.39, 0.29) is 0 Å². The molecule has 0 saturated heterocycles. The number of anilines is 1. The molecule has 1 aromatic carbocycles. The molecule has 23 heavy (non-hydrogen) atoms. The number of hydrogen-bond donors (Lipinski definition) is 2. The van der Waals surface area contributed by atoms with Crippen molar-refractivity contribution >= 4 is 11.5 Å². The number of aromatic nitrogens is 3. The van der Waals surface area contributed by atoms with Crippen molar-refractivity contribution in [3.8, 4) is 11.3 Å². The average Bonchev–Trinajstić information content (AvgIpc) is 3.02. The minimum absolute atomic E-state index is 0.553. The van der Waals surface area contributed by atoms with Gasteiger partial charge in [0.25, 0.3) is 0 Å². The molecule has 0 amide bonds. The fourth-order valence-electron chi connectivity index (χ4n) is 2.57. The van der Waals surface area contributed by atoms with Crippen LogP contribution in [0.1, 0.15) is 31.7 Å². The van der Waals surface area contributed by atoms with Gasteiger partial charge in [-0.3, -0.25) is 0 Å². The van der Waals surface area contributed by atoms with Crippen LogP contribution in [-0.2, 0) is 6.54 Å². The summed E-state index contributed by atoms with van der Waals surface area (Å²) >= 11 is 0. The maximum atomic E-state index is 5.66. The van der Waals surface area contributed by atoms with E-state index in [2.05, 4.69) is 34.5 Å². The molecular formula is C18H23N5. The molecule has 3 N–H and O–H groups in total. The van der Waals surface area contributed by atoms with Crippen molar-refractivity contribution in [2.45, 2.75) is 32.7 Å². The van der Waals surface area contributed by atoms with Crippen molar-refractivity contribution in [3.05, 3.63) is 48.2 Å². The van der Waals surface area contributed by atoms with E-state index in [0.717, 1.165) is 41.3 Å². The van der Waals surface area contributed by atoms with Crippen LogP contribution >= 0.6 is 0 Å². The molecule has 0 atom stereocenters. The zero-order chi connectivity index (χ0) is 16.1. The van der Waals surface area contributed by atoms with Gasteiger partial charge in [-0.05, 0) is 24.1 Å². The fraction of sp³-hybridized carbons (Fsp3) is 0.333. The highest BCUT2D eigenvalue weighted by Gasteiger charge is 2.08. The number of rotatable bonds is 7. The Hall–Kier alpha value is -2.40. The predicted octanol–water partition coefficient (Wildman–Crippen LogP) is 3.46. The molecule has 2 aromatic heterocycles. The molecule has 0 spiro atoms. The van der Waals surface area contributed by atoms with Gasteiger partial charge in [-0.1, -0.05) is 44.0 Å². The first-order valence-electron chi connectivity index (χ1n) is 8.20. The van der Waals surface area contributed by atoms with Gasteiger partial charge >= 0.3 is 0 Å². The number of imidazole rings is 1. The second-order valence-electron chi connectivity index (χ2n) is 5.67. The van der Waals surface area contributed by atoms with Crippen molar-refractivity contribution in [1.82, 2.24) is 14.6 Å². The summed E-state index contributed by atoms with van der Waals surface area (Å²) in [6, 6.07) is 12.2. The SMILES string of the molecule is CCCCCNc1ccc2ncc(-c3ccc(CN)cc3)n2n1. The Balaban J connectivity index is 1.85. The maximum Gasteiger partial charge on any atom is 0.154 e. The highest BCUT2D eigenvalue weighted by atomic mass is 15.3. The van der Waals surface area contributed by atoms with Crippen LogP contribution in [-0.4, -0.2) is 21.1 Å². The van der Waals surface area contributed by atoms with Gasteiger partial charge in [0.1, 0.15) is 5.82 Å². The summed E-state index contributed by atoms with van der Waals surface area (Å²) in [5.74, 6) is 0.881. The number of fused-ring (bicyclic) bond motifs is 1. The van der Waals surface area contributed by atoms with Gasteiger partial charge in [0.15, 0.2) is 5.65 Å². The molecule has 0 aliphatic carbocycles. The Labute approximate surface area is 136 Å². The predicted molar refractivity (Wildman–Crippen MR) is 94.3 cm³/mol. The standard InChI is InChI=1S/C18H23N5/c1-2-3-4-11-20-17-9-10-18-21-13-16(23(18)22-17)15-7-5-14(12-19)6-8-15/h5-10,13H,2-4,11-12,19H2,1H3,(H,20,22). The summed E-state index contributed by atoms with van der Waals surface area (Å²) in [5.41, 5.74) is 9.70. The fourth-order valence-corrected chi connectivity index (χ4v) is 2.57. The summed E-state index contributed by atoms with van der Waals surface area (Å²) < 4.78 is 1.89. The van der Waals surface area contributed by atoms with E-state index in [1.807, 2.05) is 35.0 Å². The van der Waals surface area contributed by atoms with E-state index < -0.39 is 0 Å². The molecule has 0 aliphatic rings. The Morgan fingerprint density at radius 1 is 1.09 bits per heavy atom. The van der Waals surface area contributed by atoms with E-state index in [9.17, 15) is 0 Å². The number of nitrogens with zero attached hydrogens (tertiary/aromatic N) is 3. The molecule has 3 aromatic rings. The third kappa shape index (κ3) is 3.51. The van der Waals surface area contributed by atoms with Crippen molar-refractivity contribution in [2.24, 2.45) is 5.73 Å². The number of nitrogens with two attached hydrogens (primary N) is 1. The molecule has 0 unspecified atom stereocenters. The van der Waals surface area contributed by atoms with Gasteiger partial charge in [-0.25, -0.2) is 9.50 Å². The molecule has 3 rings (SSSR count). The lowest BCUT2D eigenvalue weighted by atomic mass is 10.1. The van der Waals surface area contributed by atoms with Crippen LogP contribution in [0.15, 0.2) is 42.6 Å². The first-order valence-corrected chi connectivity index (χ1v) is 8.20. The van der Waals surface area contributed by atoms with Gasteiger partial charge in [0, 0.05) is 18.7 Å². The maximum absolute atomic E-state index is 5.66. The van der Waals surface area contributed by atoms with Crippen LogP contribution in [0.5, 0.6) is 0 Å². The third-order valence-electron chi connectivity index (χ3n) is 3.93. The normalized spacial score (nSPS) is 11.0. The Morgan fingerprint density at radius 3 is 2.65 bits per heavy atom. The molecule has 5 heteroatoms. The summed E-state index contributed by atoms with van der Waals surface area (Å²) in [6.45, 7) is 3.71. The van der Waals surface area contributed by atoms with Crippen LogP contribution in [0.25, 0.3) is 16.9 Å². The van der Waals surface area contributed by atoms with Gasteiger partial charge < -0.3 is 11.1 Å². The van der Waals surface area contributed by atoms with Crippen LogP contribution in [0, 0.1) is 0 Å². The molecule has 2 heterocycles. The van der Waals surface area contributed by atoms with Crippen molar-refractivity contribution in [3.63, 3.8) is 0 Å². The topological polar surface area (TPSA) is 68.2 Å². The zero-order valence-corrected chi connectivity index (χ0v) is 13.5. The van der Waals surface area contributed by atoms with Gasteiger partial charge in [-0.15, -0.1) is 5.10 Å². The highest BCUT2D eigenvalue weighted by molar-refractivity contribution is 5.63. The lowest BCUT2D eigenvalue weighted by Gasteiger charge is -2.07. The van der Waals surface area contributed by atoms with E-state index in [1.165, 1.54) is 12.8 Å². The quantitative estimate of drug-likeness (QED) is 0.656. The molecule has 0 saturated carbocycles. The van der Waals surface area contributed by atoms with Gasteiger partial charge in [0.2, 0.25) is 0 Å². The first-order chi connectivity index (χ1) is 11.3. The number of unbranched alkanes of at least 4 members (excludes halogenated alkanes) is 2. The molecule has 0 aliphatic heterocycles. The molecule has 0 fully saturated rings. The summed E-state index contributed by atoms with van der Waals surface area (Å²) in [6.07, 6.45) is 5.48. The number of benzene rings is 1. The molecule has 0 radical (unpaired) electrons. The third-order valence-corrected chi connectivity index (χ3v) is 3.93. The van der Waals surface area contributed by atoms with E-state index in [4.69, 9.17) is 5.73 Å². The zero-order valence-electron chi connectivity index (χ0n) is 13.5. The largest absolute Gasteiger partial charge is 0.369 e. The highest BCUT2D eigenvalue weighted by Crippen LogP contribution is 2.21. The van der Waals surface area contributed by atoms with Gasteiger partial charge in [0.05, 0.1) is 11.9 Å². The van der Waals surface area contributed by atoms with E-state index in [0.29, 0.717) is 6.54 Å². The van der Waals surface area contributed by atoms with Gasteiger partial charge in [-0.2, -0.15) is 0 Å². The smallest absolute Gasteiger partial charge is 0.154 e. The average molecular weight is 309 g/mol. The molecule has 0 bridgehead atoms.